The Hall–Kier alpha value is -0.190. The Morgan fingerprint density at radius 1 is 1.43 bits per heavy atom. The van der Waals surface area contributed by atoms with Gasteiger partial charge in [-0.05, 0) is 28.7 Å². The molecule has 0 aromatic rings. The van der Waals surface area contributed by atoms with Crippen molar-refractivity contribution in [2.24, 2.45) is 0 Å². The number of rotatable bonds is 0. The van der Waals surface area contributed by atoms with Gasteiger partial charge in [0.05, 0.1) is 0 Å². The SMILES string of the molecule is IC1=CNNC=C1. The minimum Gasteiger partial charge on any atom is -0.309 e. The van der Waals surface area contributed by atoms with Crippen molar-refractivity contribution in [3.05, 3.63) is 22.1 Å². The van der Waals surface area contributed by atoms with Gasteiger partial charge in [-0.15, -0.1) is 0 Å². The third-order valence-electron chi connectivity index (χ3n) is 0.619. The molecule has 0 amide bonds. The summed E-state index contributed by atoms with van der Waals surface area (Å²) in [7, 11) is 0. The van der Waals surface area contributed by atoms with Gasteiger partial charge in [-0.3, -0.25) is 0 Å². The van der Waals surface area contributed by atoms with Crippen LogP contribution in [-0.4, -0.2) is 0 Å². The second-order valence-electron chi connectivity index (χ2n) is 1.15. The van der Waals surface area contributed by atoms with Gasteiger partial charge in [-0.1, -0.05) is 0 Å². The van der Waals surface area contributed by atoms with E-state index in [0.717, 1.165) is 0 Å². The molecule has 0 saturated carbocycles. The highest BCUT2D eigenvalue weighted by molar-refractivity contribution is 14.1. The van der Waals surface area contributed by atoms with Crippen LogP contribution < -0.4 is 10.9 Å². The lowest BCUT2D eigenvalue weighted by Gasteiger charge is -2.03. The summed E-state index contributed by atoms with van der Waals surface area (Å²) in [5.74, 6) is 0. The molecule has 3 heteroatoms. The Balaban J connectivity index is 2.58. The molecule has 7 heavy (non-hydrogen) atoms. The van der Waals surface area contributed by atoms with Gasteiger partial charge in [-0.25, -0.2) is 0 Å². The molecule has 38 valence electrons. The van der Waals surface area contributed by atoms with Gasteiger partial charge in [0.25, 0.3) is 0 Å². The van der Waals surface area contributed by atoms with Gasteiger partial charge in [-0.2, -0.15) is 0 Å². The van der Waals surface area contributed by atoms with E-state index in [-0.39, 0.29) is 0 Å². The second kappa shape index (κ2) is 2.20. The molecule has 2 N–H and O–H groups in total. The van der Waals surface area contributed by atoms with Crippen molar-refractivity contribution in [3.63, 3.8) is 0 Å². The van der Waals surface area contributed by atoms with Crippen molar-refractivity contribution in [1.82, 2.24) is 10.9 Å². The number of hydrogen-bond acceptors (Lipinski definition) is 2. The average molecular weight is 208 g/mol. The zero-order chi connectivity index (χ0) is 5.11. The van der Waals surface area contributed by atoms with Crippen molar-refractivity contribution in [1.29, 1.82) is 0 Å². The molecule has 0 aromatic carbocycles. The summed E-state index contributed by atoms with van der Waals surface area (Å²) in [5.41, 5.74) is 5.63. The molecule has 0 spiro atoms. The van der Waals surface area contributed by atoms with Gasteiger partial charge in [0, 0.05) is 16.0 Å². The number of hydrogen-bond donors (Lipinski definition) is 2. The summed E-state index contributed by atoms with van der Waals surface area (Å²) in [6.45, 7) is 0. The van der Waals surface area contributed by atoms with Crippen LogP contribution in [0.25, 0.3) is 0 Å². The Bertz CT molecular complexity index is 117. The van der Waals surface area contributed by atoms with Crippen LogP contribution in [0.5, 0.6) is 0 Å². The van der Waals surface area contributed by atoms with Crippen molar-refractivity contribution in [2.75, 3.05) is 0 Å². The highest BCUT2D eigenvalue weighted by atomic mass is 127. The first-order valence-corrected chi connectivity index (χ1v) is 3.01. The molecule has 1 aliphatic heterocycles. The highest BCUT2D eigenvalue weighted by Crippen LogP contribution is 2.05. The van der Waals surface area contributed by atoms with Crippen LogP contribution in [0, 0.1) is 0 Å². The Labute approximate surface area is 55.8 Å². The fraction of sp³-hybridized carbons (Fsp3) is 0. The zero-order valence-corrected chi connectivity index (χ0v) is 5.77. The Morgan fingerprint density at radius 3 is 2.57 bits per heavy atom. The van der Waals surface area contributed by atoms with E-state index >= 15 is 0 Å². The standard InChI is InChI=1S/C4H5IN2/c5-4-1-2-6-7-3-4/h1-3,6-7H. The van der Waals surface area contributed by atoms with Gasteiger partial charge < -0.3 is 10.9 Å². The van der Waals surface area contributed by atoms with E-state index in [9.17, 15) is 0 Å². The minimum absolute atomic E-state index is 1.20. The van der Waals surface area contributed by atoms with Crippen LogP contribution in [-0.2, 0) is 0 Å². The monoisotopic (exact) mass is 208 g/mol. The predicted molar refractivity (Wildman–Crippen MR) is 37.5 cm³/mol. The molecule has 0 bridgehead atoms. The van der Waals surface area contributed by atoms with E-state index in [0.29, 0.717) is 0 Å². The largest absolute Gasteiger partial charge is 0.309 e. The summed E-state index contributed by atoms with van der Waals surface area (Å²) in [6.07, 6.45) is 5.72. The van der Waals surface area contributed by atoms with Crippen LogP contribution in [0.4, 0.5) is 0 Å². The van der Waals surface area contributed by atoms with E-state index in [2.05, 4.69) is 33.4 Å². The first kappa shape index (κ1) is 4.96. The molecule has 2 nitrogen and oxygen atoms in total. The highest BCUT2D eigenvalue weighted by Gasteiger charge is 1.84. The molecular formula is C4H5IN2. The smallest absolute Gasteiger partial charge is 0.0321 e. The number of hydrazine groups is 1. The first-order chi connectivity index (χ1) is 3.39. The molecule has 0 saturated heterocycles. The van der Waals surface area contributed by atoms with Crippen LogP contribution in [0.1, 0.15) is 0 Å². The predicted octanol–water partition coefficient (Wildman–Crippen LogP) is 0.884. The first-order valence-electron chi connectivity index (χ1n) is 1.93. The third-order valence-corrected chi connectivity index (χ3v) is 1.29. The van der Waals surface area contributed by atoms with Gasteiger partial charge in [0.2, 0.25) is 0 Å². The van der Waals surface area contributed by atoms with Crippen LogP contribution >= 0.6 is 22.6 Å². The molecule has 0 atom stereocenters. The van der Waals surface area contributed by atoms with E-state index in [1.54, 1.807) is 0 Å². The zero-order valence-electron chi connectivity index (χ0n) is 3.61. The molecule has 0 aliphatic carbocycles. The summed E-state index contributed by atoms with van der Waals surface area (Å²) in [5, 5.41) is 0. The van der Waals surface area contributed by atoms with Gasteiger partial charge in [0.1, 0.15) is 0 Å². The topological polar surface area (TPSA) is 24.1 Å². The van der Waals surface area contributed by atoms with Gasteiger partial charge >= 0.3 is 0 Å². The van der Waals surface area contributed by atoms with Crippen molar-refractivity contribution in [3.8, 4) is 0 Å². The van der Waals surface area contributed by atoms with Crippen molar-refractivity contribution < 1.29 is 0 Å². The maximum absolute atomic E-state index is 2.83. The summed E-state index contributed by atoms with van der Waals surface area (Å²) in [4.78, 5) is 0. The minimum atomic E-state index is 1.20. The van der Waals surface area contributed by atoms with Gasteiger partial charge in [0.15, 0.2) is 0 Å². The molecule has 1 heterocycles. The Kier molecular flexibility index (Phi) is 1.56. The fourth-order valence-corrected chi connectivity index (χ4v) is 0.664. The van der Waals surface area contributed by atoms with E-state index in [1.807, 2.05) is 18.5 Å². The van der Waals surface area contributed by atoms with Crippen molar-refractivity contribution in [2.45, 2.75) is 0 Å². The molecule has 0 unspecified atom stereocenters. The number of halogens is 1. The maximum Gasteiger partial charge on any atom is 0.0321 e. The Morgan fingerprint density at radius 2 is 2.29 bits per heavy atom. The fourth-order valence-electron chi connectivity index (χ4n) is 0.328. The molecule has 0 radical (unpaired) electrons. The lowest BCUT2D eigenvalue weighted by atomic mass is 10.5. The number of nitrogens with one attached hydrogen (secondary N) is 2. The molecular weight excluding hydrogens is 203 g/mol. The lowest BCUT2D eigenvalue weighted by Crippen LogP contribution is -2.22. The van der Waals surface area contributed by atoms with E-state index in [4.69, 9.17) is 0 Å². The van der Waals surface area contributed by atoms with E-state index in [1.165, 1.54) is 3.58 Å². The normalized spacial score (nSPS) is 17.0. The van der Waals surface area contributed by atoms with E-state index < -0.39 is 0 Å². The number of allylic oxidation sites excluding steroid dienone is 2. The van der Waals surface area contributed by atoms with Crippen molar-refractivity contribution >= 4 is 22.6 Å². The summed E-state index contributed by atoms with van der Waals surface area (Å²) < 4.78 is 1.20. The molecule has 0 aromatic heterocycles. The lowest BCUT2D eigenvalue weighted by molar-refractivity contribution is 0.766. The third kappa shape index (κ3) is 1.38. The quantitative estimate of drug-likeness (QED) is 0.577. The maximum atomic E-state index is 2.83. The molecule has 1 rings (SSSR count). The van der Waals surface area contributed by atoms with Crippen LogP contribution in [0.3, 0.4) is 0 Å². The van der Waals surface area contributed by atoms with Crippen LogP contribution in [0.15, 0.2) is 22.1 Å². The average Bonchev–Trinajstić information content (AvgIpc) is 1.69. The summed E-state index contributed by atoms with van der Waals surface area (Å²) in [6, 6.07) is 0. The second-order valence-corrected chi connectivity index (χ2v) is 2.40. The molecule has 1 aliphatic rings. The summed E-state index contributed by atoms with van der Waals surface area (Å²) >= 11 is 2.23. The van der Waals surface area contributed by atoms with Crippen LogP contribution in [0.2, 0.25) is 0 Å². The molecule has 0 fully saturated rings.